The summed E-state index contributed by atoms with van der Waals surface area (Å²) in [5.41, 5.74) is 0.272. The van der Waals surface area contributed by atoms with Gasteiger partial charge >= 0.3 is 5.97 Å². The van der Waals surface area contributed by atoms with E-state index in [-0.39, 0.29) is 25.4 Å². The number of carbonyl (C=O) groups is 2. The number of aliphatic hydroxyl groups is 1. The lowest BCUT2D eigenvalue weighted by Gasteiger charge is -2.13. The number of hydrogen-bond acceptors (Lipinski definition) is 5. The normalized spacial score (nSPS) is 13.9. The SMILES string of the molecule is O=C(N[C@H](CCO)C(=O)O)c1ccc2c(c1)OCO2. The molecular formula is C12H13NO6. The molecule has 0 bridgehead atoms. The van der Waals surface area contributed by atoms with Crippen molar-refractivity contribution in [2.75, 3.05) is 13.4 Å². The van der Waals surface area contributed by atoms with E-state index >= 15 is 0 Å². The lowest BCUT2D eigenvalue weighted by atomic mass is 10.1. The second-order valence-electron chi connectivity index (χ2n) is 3.94. The van der Waals surface area contributed by atoms with E-state index < -0.39 is 17.9 Å². The van der Waals surface area contributed by atoms with Gasteiger partial charge < -0.3 is 25.0 Å². The van der Waals surface area contributed by atoms with Crippen LogP contribution in [0.3, 0.4) is 0 Å². The highest BCUT2D eigenvalue weighted by Crippen LogP contribution is 2.32. The molecule has 0 saturated carbocycles. The second-order valence-corrected chi connectivity index (χ2v) is 3.94. The Bertz CT molecular complexity index is 501. The molecule has 102 valence electrons. The summed E-state index contributed by atoms with van der Waals surface area (Å²) in [5, 5.41) is 20.0. The summed E-state index contributed by atoms with van der Waals surface area (Å²) in [6.07, 6.45) is -0.0500. The number of carboxylic acids is 1. The molecule has 1 aliphatic rings. The fourth-order valence-electron chi connectivity index (χ4n) is 1.67. The van der Waals surface area contributed by atoms with Gasteiger partial charge in [-0.15, -0.1) is 0 Å². The fraction of sp³-hybridized carbons (Fsp3) is 0.333. The van der Waals surface area contributed by atoms with Crippen LogP contribution in [0, 0.1) is 0 Å². The Morgan fingerprint density at radius 2 is 2.05 bits per heavy atom. The first-order valence-electron chi connectivity index (χ1n) is 5.66. The predicted octanol–water partition coefficient (Wildman–Crippen LogP) is -0.0193. The summed E-state index contributed by atoms with van der Waals surface area (Å²) >= 11 is 0. The zero-order chi connectivity index (χ0) is 13.8. The summed E-state index contributed by atoms with van der Waals surface area (Å²) in [6.45, 7) is -0.221. The van der Waals surface area contributed by atoms with Crippen LogP contribution in [-0.2, 0) is 4.79 Å². The minimum atomic E-state index is -1.19. The van der Waals surface area contributed by atoms with Gasteiger partial charge in [0.2, 0.25) is 6.79 Å². The molecule has 0 spiro atoms. The molecule has 7 heteroatoms. The van der Waals surface area contributed by atoms with Crippen LogP contribution in [-0.4, -0.2) is 41.5 Å². The average molecular weight is 267 g/mol. The number of carboxylic acid groups (broad SMARTS) is 1. The molecule has 1 amide bonds. The van der Waals surface area contributed by atoms with Gasteiger partial charge in [0.15, 0.2) is 11.5 Å². The summed E-state index contributed by atoms with van der Waals surface area (Å²) in [7, 11) is 0. The Hall–Kier alpha value is -2.28. The molecule has 1 aromatic rings. The van der Waals surface area contributed by atoms with Crippen molar-refractivity contribution in [3.63, 3.8) is 0 Å². The Kier molecular flexibility index (Phi) is 3.86. The third-order valence-electron chi connectivity index (χ3n) is 2.66. The van der Waals surface area contributed by atoms with E-state index in [4.69, 9.17) is 19.7 Å². The largest absolute Gasteiger partial charge is 0.480 e. The second kappa shape index (κ2) is 5.57. The van der Waals surface area contributed by atoms with E-state index in [1.165, 1.54) is 12.1 Å². The standard InChI is InChI=1S/C12H13NO6/c14-4-3-8(12(16)17)13-11(15)7-1-2-9-10(5-7)19-6-18-9/h1-2,5,8,14H,3-4,6H2,(H,13,15)(H,16,17)/t8-/m1/s1. The lowest BCUT2D eigenvalue weighted by molar-refractivity contribution is -0.139. The van der Waals surface area contributed by atoms with Crippen molar-refractivity contribution in [1.29, 1.82) is 0 Å². The van der Waals surface area contributed by atoms with Crippen molar-refractivity contribution < 1.29 is 29.3 Å². The molecule has 3 N–H and O–H groups in total. The molecule has 2 rings (SSSR count). The monoisotopic (exact) mass is 267 g/mol. The van der Waals surface area contributed by atoms with Crippen LogP contribution in [0.1, 0.15) is 16.8 Å². The Balaban J connectivity index is 2.09. The lowest BCUT2D eigenvalue weighted by Crippen LogP contribution is -2.41. The summed E-state index contributed by atoms with van der Waals surface area (Å²) < 4.78 is 10.2. The van der Waals surface area contributed by atoms with Gasteiger partial charge in [0.05, 0.1) is 0 Å². The minimum absolute atomic E-state index is 0.0500. The third-order valence-corrected chi connectivity index (χ3v) is 2.66. The summed E-state index contributed by atoms with van der Waals surface area (Å²) in [4.78, 5) is 22.8. The van der Waals surface area contributed by atoms with Crippen LogP contribution in [0.4, 0.5) is 0 Å². The number of aliphatic hydroxyl groups excluding tert-OH is 1. The molecule has 19 heavy (non-hydrogen) atoms. The summed E-state index contributed by atoms with van der Waals surface area (Å²) in [5.74, 6) is -0.745. The molecule has 1 heterocycles. The zero-order valence-corrected chi connectivity index (χ0v) is 9.96. The van der Waals surface area contributed by atoms with Crippen LogP contribution >= 0.6 is 0 Å². The first kappa shape index (κ1) is 13.2. The molecule has 0 saturated heterocycles. The molecule has 0 aliphatic carbocycles. The van der Waals surface area contributed by atoms with Crippen molar-refractivity contribution >= 4 is 11.9 Å². The van der Waals surface area contributed by atoms with Crippen LogP contribution in [0.5, 0.6) is 11.5 Å². The number of amides is 1. The van der Waals surface area contributed by atoms with E-state index in [9.17, 15) is 9.59 Å². The number of ether oxygens (including phenoxy) is 2. The van der Waals surface area contributed by atoms with Crippen molar-refractivity contribution in [2.24, 2.45) is 0 Å². The molecule has 0 unspecified atom stereocenters. The highest BCUT2D eigenvalue weighted by Gasteiger charge is 2.21. The van der Waals surface area contributed by atoms with E-state index in [1.807, 2.05) is 0 Å². The van der Waals surface area contributed by atoms with Gasteiger partial charge in [-0.2, -0.15) is 0 Å². The summed E-state index contributed by atoms with van der Waals surface area (Å²) in [6, 6.07) is 3.46. The van der Waals surface area contributed by atoms with Crippen LogP contribution in [0.2, 0.25) is 0 Å². The Labute approximate surface area is 108 Å². The molecule has 1 aliphatic heterocycles. The van der Waals surface area contributed by atoms with Crippen LogP contribution in [0.25, 0.3) is 0 Å². The number of nitrogens with one attached hydrogen (secondary N) is 1. The van der Waals surface area contributed by atoms with E-state index in [2.05, 4.69) is 5.32 Å². The van der Waals surface area contributed by atoms with Gasteiger partial charge in [-0.05, 0) is 18.2 Å². The molecule has 0 aromatic heterocycles. The maximum Gasteiger partial charge on any atom is 0.326 e. The van der Waals surface area contributed by atoms with E-state index in [1.54, 1.807) is 6.07 Å². The van der Waals surface area contributed by atoms with Gasteiger partial charge in [-0.1, -0.05) is 0 Å². The van der Waals surface area contributed by atoms with Crippen LogP contribution in [0.15, 0.2) is 18.2 Å². The van der Waals surface area contributed by atoms with Gasteiger partial charge in [-0.25, -0.2) is 4.79 Å². The number of aliphatic carboxylic acids is 1. The quantitative estimate of drug-likeness (QED) is 0.692. The Morgan fingerprint density at radius 1 is 1.32 bits per heavy atom. The number of hydrogen-bond donors (Lipinski definition) is 3. The van der Waals surface area contributed by atoms with Crippen molar-refractivity contribution in [1.82, 2.24) is 5.32 Å². The van der Waals surface area contributed by atoms with E-state index in [0.29, 0.717) is 11.5 Å². The first-order valence-corrected chi connectivity index (χ1v) is 5.66. The molecule has 0 radical (unpaired) electrons. The molecular weight excluding hydrogens is 254 g/mol. The molecule has 7 nitrogen and oxygen atoms in total. The maximum atomic E-state index is 11.9. The van der Waals surface area contributed by atoms with Crippen LogP contribution < -0.4 is 14.8 Å². The Morgan fingerprint density at radius 3 is 2.74 bits per heavy atom. The number of benzene rings is 1. The maximum absolute atomic E-state index is 11.9. The van der Waals surface area contributed by atoms with E-state index in [0.717, 1.165) is 0 Å². The van der Waals surface area contributed by atoms with Gasteiger partial charge in [0.25, 0.3) is 5.91 Å². The highest BCUT2D eigenvalue weighted by atomic mass is 16.7. The fourth-order valence-corrected chi connectivity index (χ4v) is 1.67. The highest BCUT2D eigenvalue weighted by molar-refractivity contribution is 5.97. The molecule has 0 fully saturated rings. The molecule has 1 atom stereocenters. The topological polar surface area (TPSA) is 105 Å². The minimum Gasteiger partial charge on any atom is -0.480 e. The van der Waals surface area contributed by atoms with Crippen molar-refractivity contribution in [3.8, 4) is 11.5 Å². The number of fused-ring (bicyclic) bond motifs is 1. The zero-order valence-electron chi connectivity index (χ0n) is 9.96. The first-order chi connectivity index (χ1) is 9.11. The van der Waals surface area contributed by atoms with Gasteiger partial charge in [-0.3, -0.25) is 4.79 Å². The van der Waals surface area contributed by atoms with Crippen molar-refractivity contribution in [3.05, 3.63) is 23.8 Å². The number of carbonyl (C=O) groups excluding carboxylic acids is 1. The third kappa shape index (κ3) is 2.94. The smallest absolute Gasteiger partial charge is 0.326 e. The van der Waals surface area contributed by atoms with Crippen molar-refractivity contribution in [2.45, 2.75) is 12.5 Å². The van der Waals surface area contributed by atoms with Gasteiger partial charge in [0, 0.05) is 18.6 Å². The molecule has 1 aromatic carbocycles. The average Bonchev–Trinajstić information content (AvgIpc) is 2.85. The predicted molar refractivity (Wildman–Crippen MR) is 63.2 cm³/mol. The van der Waals surface area contributed by atoms with Gasteiger partial charge in [0.1, 0.15) is 6.04 Å². The number of rotatable bonds is 5.